The second-order valence-electron chi connectivity index (χ2n) is 6.47. The normalized spacial score (nSPS) is 16.1. The van der Waals surface area contributed by atoms with E-state index in [2.05, 4.69) is 22.2 Å². The lowest BCUT2D eigenvalue weighted by atomic mass is 10.2. The van der Waals surface area contributed by atoms with Crippen LogP contribution in [-0.2, 0) is 4.79 Å². The molecular weight excluding hydrogens is 364 g/mol. The van der Waals surface area contributed by atoms with Crippen LogP contribution in [-0.4, -0.2) is 40.8 Å². The van der Waals surface area contributed by atoms with Crippen molar-refractivity contribution in [2.24, 2.45) is 0 Å². The van der Waals surface area contributed by atoms with Gasteiger partial charge < -0.3 is 15.5 Å². The summed E-state index contributed by atoms with van der Waals surface area (Å²) in [4.78, 5) is 30.1. The van der Waals surface area contributed by atoms with E-state index in [1.54, 1.807) is 30.5 Å². The molecule has 1 saturated heterocycles. The van der Waals surface area contributed by atoms with Crippen molar-refractivity contribution in [1.82, 2.24) is 9.88 Å². The van der Waals surface area contributed by atoms with E-state index in [4.69, 9.17) is 11.6 Å². The number of rotatable bonds is 5. The summed E-state index contributed by atoms with van der Waals surface area (Å²) < 4.78 is 0. The predicted molar refractivity (Wildman–Crippen MR) is 107 cm³/mol. The first-order valence-corrected chi connectivity index (χ1v) is 9.05. The number of nitrogens with zero attached hydrogens (tertiary/aromatic N) is 2. The second-order valence-corrected chi connectivity index (χ2v) is 6.88. The van der Waals surface area contributed by atoms with E-state index in [9.17, 15) is 9.59 Å². The van der Waals surface area contributed by atoms with Gasteiger partial charge in [-0.25, -0.2) is 4.98 Å². The maximum Gasteiger partial charge on any atom is 0.253 e. The largest absolute Gasteiger partial charge is 0.365 e. The van der Waals surface area contributed by atoms with Gasteiger partial charge in [-0.15, -0.1) is 0 Å². The van der Waals surface area contributed by atoms with Crippen molar-refractivity contribution in [3.8, 4) is 0 Å². The van der Waals surface area contributed by atoms with E-state index >= 15 is 0 Å². The molecule has 2 heterocycles. The molecule has 3 rings (SSSR count). The SMILES string of the molecule is C=CC(=O)Nc1ccc(C(=O)N2CCC(Nc3cc(C)c(Cl)cn3)C2)cc1. The zero-order valence-corrected chi connectivity index (χ0v) is 15.8. The summed E-state index contributed by atoms with van der Waals surface area (Å²) in [6.07, 6.45) is 3.68. The van der Waals surface area contributed by atoms with Crippen LogP contribution in [0.1, 0.15) is 22.3 Å². The summed E-state index contributed by atoms with van der Waals surface area (Å²) in [7, 11) is 0. The molecule has 1 aliphatic rings. The molecule has 0 aliphatic carbocycles. The zero-order valence-electron chi connectivity index (χ0n) is 15.0. The highest BCUT2D eigenvalue weighted by Gasteiger charge is 2.27. The van der Waals surface area contributed by atoms with Crippen LogP contribution < -0.4 is 10.6 Å². The molecule has 0 radical (unpaired) electrons. The molecule has 0 spiro atoms. The van der Waals surface area contributed by atoms with Crippen molar-refractivity contribution < 1.29 is 9.59 Å². The molecule has 1 aromatic heterocycles. The van der Waals surface area contributed by atoms with E-state index in [-0.39, 0.29) is 17.9 Å². The van der Waals surface area contributed by atoms with Gasteiger partial charge in [-0.3, -0.25) is 9.59 Å². The summed E-state index contributed by atoms with van der Waals surface area (Å²) in [5.74, 6) is 0.452. The number of amides is 2. The Morgan fingerprint density at radius 1 is 1.33 bits per heavy atom. The smallest absolute Gasteiger partial charge is 0.253 e. The van der Waals surface area contributed by atoms with Crippen molar-refractivity contribution in [3.05, 3.63) is 65.3 Å². The average molecular weight is 385 g/mol. The number of pyridine rings is 1. The third-order valence-electron chi connectivity index (χ3n) is 4.46. The first-order valence-electron chi connectivity index (χ1n) is 8.67. The lowest BCUT2D eigenvalue weighted by Crippen LogP contribution is -2.31. The maximum absolute atomic E-state index is 12.7. The molecule has 140 valence electrons. The van der Waals surface area contributed by atoms with Crippen LogP contribution >= 0.6 is 11.6 Å². The number of hydrogen-bond donors (Lipinski definition) is 2. The number of halogens is 1. The summed E-state index contributed by atoms with van der Waals surface area (Å²) in [6, 6.07) is 8.90. The molecule has 2 aromatic rings. The Labute approximate surface area is 163 Å². The molecule has 1 aromatic carbocycles. The quantitative estimate of drug-likeness (QED) is 0.774. The summed E-state index contributed by atoms with van der Waals surface area (Å²) in [5.41, 5.74) is 2.18. The number of carbonyl (C=O) groups is 2. The van der Waals surface area contributed by atoms with Crippen molar-refractivity contribution in [2.75, 3.05) is 23.7 Å². The monoisotopic (exact) mass is 384 g/mol. The van der Waals surface area contributed by atoms with Gasteiger partial charge in [-0.1, -0.05) is 18.2 Å². The third kappa shape index (κ3) is 4.65. The van der Waals surface area contributed by atoms with Gasteiger partial charge in [0.05, 0.1) is 5.02 Å². The van der Waals surface area contributed by atoms with Gasteiger partial charge in [0.2, 0.25) is 5.91 Å². The fourth-order valence-electron chi connectivity index (χ4n) is 2.96. The van der Waals surface area contributed by atoms with Crippen molar-refractivity contribution in [2.45, 2.75) is 19.4 Å². The second kappa shape index (κ2) is 8.22. The lowest BCUT2D eigenvalue weighted by molar-refractivity contribution is -0.111. The van der Waals surface area contributed by atoms with Gasteiger partial charge >= 0.3 is 0 Å². The molecule has 7 heteroatoms. The van der Waals surface area contributed by atoms with Gasteiger partial charge in [0.25, 0.3) is 5.91 Å². The predicted octanol–water partition coefficient (Wildman–Crippen LogP) is 3.49. The minimum absolute atomic E-state index is 0.0267. The van der Waals surface area contributed by atoms with E-state index in [1.165, 1.54) is 6.08 Å². The number of carbonyl (C=O) groups excluding carboxylic acids is 2. The Kier molecular flexibility index (Phi) is 5.76. The number of hydrogen-bond acceptors (Lipinski definition) is 4. The first-order chi connectivity index (χ1) is 13.0. The summed E-state index contributed by atoms with van der Waals surface area (Å²) >= 11 is 6.01. The number of anilines is 2. The van der Waals surface area contributed by atoms with Gasteiger partial charge in [0.15, 0.2) is 0 Å². The average Bonchev–Trinajstić information content (AvgIpc) is 3.13. The van der Waals surface area contributed by atoms with Crippen molar-refractivity contribution in [3.63, 3.8) is 0 Å². The molecule has 0 saturated carbocycles. The molecule has 1 atom stereocenters. The van der Waals surface area contributed by atoms with E-state index in [0.717, 1.165) is 17.8 Å². The van der Waals surface area contributed by atoms with Gasteiger partial charge in [-0.2, -0.15) is 0 Å². The Morgan fingerprint density at radius 2 is 2.07 bits per heavy atom. The Morgan fingerprint density at radius 3 is 2.74 bits per heavy atom. The number of likely N-dealkylation sites (tertiary alicyclic amines) is 1. The third-order valence-corrected chi connectivity index (χ3v) is 4.85. The number of nitrogens with one attached hydrogen (secondary N) is 2. The highest BCUT2D eigenvalue weighted by molar-refractivity contribution is 6.31. The molecule has 1 aliphatic heterocycles. The summed E-state index contributed by atoms with van der Waals surface area (Å²) in [6.45, 7) is 6.63. The minimum atomic E-state index is -0.284. The fourth-order valence-corrected chi connectivity index (χ4v) is 3.07. The van der Waals surface area contributed by atoms with Crippen molar-refractivity contribution in [1.29, 1.82) is 0 Å². The van der Waals surface area contributed by atoms with Crippen LogP contribution in [0.2, 0.25) is 5.02 Å². The lowest BCUT2D eigenvalue weighted by Gasteiger charge is -2.18. The Balaban J connectivity index is 1.59. The molecule has 2 amide bonds. The highest BCUT2D eigenvalue weighted by Crippen LogP contribution is 2.21. The molecule has 27 heavy (non-hydrogen) atoms. The fraction of sp³-hybridized carbons (Fsp3) is 0.250. The first kappa shape index (κ1) is 18.9. The standard InChI is InChI=1S/C20H21ClN4O2/c1-3-19(26)24-15-6-4-14(5-7-15)20(27)25-9-8-16(12-25)23-18-10-13(2)17(21)11-22-18/h3-7,10-11,16H,1,8-9,12H2,2H3,(H,22,23)(H,24,26). The Hall–Kier alpha value is -2.86. The zero-order chi connectivity index (χ0) is 19.4. The molecule has 1 unspecified atom stereocenters. The summed E-state index contributed by atoms with van der Waals surface area (Å²) in [5, 5.41) is 6.66. The molecule has 0 bridgehead atoms. The van der Waals surface area contributed by atoms with Crippen LogP contribution in [0.3, 0.4) is 0 Å². The van der Waals surface area contributed by atoms with Gasteiger partial charge in [0, 0.05) is 36.6 Å². The number of aromatic nitrogens is 1. The van der Waals surface area contributed by atoms with E-state index in [1.807, 2.05) is 17.9 Å². The Bertz CT molecular complexity index is 867. The van der Waals surface area contributed by atoms with Gasteiger partial charge in [0.1, 0.15) is 5.82 Å². The van der Waals surface area contributed by atoms with Crippen LogP contribution in [0.25, 0.3) is 0 Å². The molecule has 6 nitrogen and oxygen atoms in total. The van der Waals surface area contributed by atoms with E-state index < -0.39 is 0 Å². The number of aryl methyl sites for hydroxylation is 1. The maximum atomic E-state index is 12.7. The highest BCUT2D eigenvalue weighted by atomic mass is 35.5. The van der Waals surface area contributed by atoms with Crippen molar-refractivity contribution >= 4 is 34.9 Å². The van der Waals surface area contributed by atoms with Crippen LogP contribution in [0.5, 0.6) is 0 Å². The van der Waals surface area contributed by atoms with Crippen LogP contribution in [0.15, 0.2) is 49.2 Å². The van der Waals surface area contributed by atoms with Crippen LogP contribution in [0, 0.1) is 6.92 Å². The molecule has 2 N–H and O–H groups in total. The molecular formula is C20H21ClN4O2. The van der Waals surface area contributed by atoms with Crippen LogP contribution in [0.4, 0.5) is 11.5 Å². The minimum Gasteiger partial charge on any atom is -0.365 e. The number of benzene rings is 1. The topological polar surface area (TPSA) is 74.3 Å². The van der Waals surface area contributed by atoms with E-state index in [0.29, 0.717) is 29.4 Å². The molecule has 1 fully saturated rings. The van der Waals surface area contributed by atoms with Gasteiger partial charge in [-0.05, 0) is 55.3 Å².